The van der Waals surface area contributed by atoms with E-state index in [1.165, 1.54) is 24.3 Å². The third kappa shape index (κ3) is 4.75. The van der Waals surface area contributed by atoms with Gasteiger partial charge in [-0.15, -0.1) is 0 Å². The number of amides is 3. The molecular formula is C15H13ClFN3O2. The lowest BCUT2D eigenvalue weighted by Crippen LogP contribution is -2.46. The first-order chi connectivity index (χ1) is 10.5. The van der Waals surface area contributed by atoms with E-state index in [0.29, 0.717) is 10.6 Å². The van der Waals surface area contributed by atoms with Gasteiger partial charge in [0.15, 0.2) is 0 Å². The van der Waals surface area contributed by atoms with E-state index in [2.05, 4.69) is 16.2 Å². The molecule has 0 unspecified atom stereocenters. The molecule has 0 heterocycles. The highest BCUT2D eigenvalue weighted by molar-refractivity contribution is 6.30. The van der Waals surface area contributed by atoms with Crippen molar-refractivity contribution in [3.8, 4) is 0 Å². The van der Waals surface area contributed by atoms with Crippen molar-refractivity contribution in [3.05, 3.63) is 70.5 Å². The fourth-order valence-corrected chi connectivity index (χ4v) is 1.74. The molecule has 2 aromatic carbocycles. The van der Waals surface area contributed by atoms with Gasteiger partial charge in [0.25, 0.3) is 5.91 Å². The molecule has 3 N–H and O–H groups in total. The second-order valence-corrected chi connectivity index (χ2v) is 4.83. The number of urea groups is 1. The number of carbonyl (C=O) groups excluding carboxylic acids is 2. The molecule has 0 saturated heterocycles. The fourth-order valence-electron chi connectivity index (χ4n) is 1.62. The molecule has 2 aromatic rings. The van der Waals surface area contributed by atoms with Gasteiger partial charge in [0.1, 0.15) is 5.82 Å². The van der Waals surface area contributed by atoms with Crippen molar-refractivity contribution in [2.24, 2.45) is 0 Å². The molecule has 0 aromatic heterocycles. The predicted octanol–water partition coefficient (Wildman–Crippen LogP) is 2.62. The van der Waals surface area contributed by atoms with Crippen molar-refractivity contribution < 1.29 is 14.0 Å². The molecule has 114 valence electrons. The number of hydrogen-bond donors (Lipinski definition) is 3. The van der Waals surface area contributed by atoms with Crippen LogP contribution in [0.5, 0.6) is 0 Å². The van der Waals surface area contributed by atoms with Gasteiger partial charge in [-0.2, -0.15) is 0 Å². The summed E-state index contributed by atoms with van der Waals surface area (Å²) in [5.41, 5.74) is 5.58. The van der Waals surface area contributed by atoms with E-state index in [9.17, 15) is 14.0 Å². The van der Waals surface area contributed by atoms with Crippen molar-refractivity contribution in [1.82, 2.24) is 16.2 Å². The summed E-state index contributed by atoms with van der Waals surface area (Å²) < 4.78 is 12.7. The lowest BCUT2D eigenvalue weighted by atomic mass is 10.2. The summed E-state index contributed by atoms with van der Waals surface area (Å²) in [6.07, 6.45) is 0. The summed E-state index contributed by atoms with van der Waals surface area (Å²) in [7, 11) is 0. The number of hydrazine groups is 1. The van der Waals surface area contributed by atoms with E-state index in [0.717, 1.165) is 5.56 Å². The average molecular weight is 322 g/mol. The van der Waals surface area contributed by atoms with Gasteiger partial charge < -0.3 is 5.32 Å². The second-order valence-electron chi connectivity index (χ2n) is 4.40. The molecule has 0 radical (unpaired) electrons. The van der Waals surface area contributed by atoms with Crippen LogP contribution in [0, 0.1) is 5.82 Å². The molecule has 2 rings (SSSR count). The Morgan fingerprint density at radius 1 is 0.955 bits per heavy atom. The number of halogens is 2. The first kappa shape index (κ1) is 15.8. The average Bonchev–Trinajstić information content (AvgIpc) is 2.52. The van der Waals surface area contributed by atoms with Crippen LogP contribution in [-0.2, 0) is 6.54 Å². The van der Waals surface area contributed by atoms with Crippen LogP contribution >= 0.6 is 11.6 Å². The maximum absolute atomic E-state index is 12.7. The Kier molecular flexibility index (Phi) is 5.32. The fraction of sp³-hybridized carbons (Fsp3) is 0.0667. The maximum Gasteiger partial charge on any atom is 0.333 e. The summed E-state index contributed by atoms with van der Waals surface area (Å²) in [6.45, 7) is 0.211. The number of carbonyl (C=O) groups is 2. The minimum absolute atomic E-state index is 0.211. The van der Waals surface area contributed by atoms with E-state index >= 15 is 0 Å². The summed E-state index contributed by atoms with van der Waals surface area (Å²) in [4.78, 5) is 23.3. The second kappa shape index (κ2) is 7.42. The van der Waals surface area contributed by atoms with Gasteiger partial charge in [-0.05, 0) is 42.0 Å². The number of hydrogen-bond acceptors (Lipinski definition) is 2. The number of rotatable bonds is 3. The van der Waals surface area contributed by atoms with Crippen LogP contribution in [0.15, 0.2) is 48.5 Å². The molecule has 0 fully saturated rings. The summed E-state index contributed by atoms with van der Waals surface area (Å²) in [5.74, 6) is -0.808. The topological polar surface area (TPSA) is 70.2 Å². The molecule has 0 bridgehead atoms. The first-order valence-electron chi connectivity index (χ1n) is 6.39. The smallest absolute Gasteiger partial charge is 0.333 e. The molecule has 3 amide bonds. The predicted molar refractivity (Wildman–Crippen MR) is 80.7 cm³/mol. The van der Waals surface area contributed by atoms with Gasteiger partial charge in [-0.3, -0.25) is 10.2 Å². The molecule has 0 aliphatic rings. The van der Waals surface area contributed by atoms with Crippen molar-refractivity contribution >= 4 is 23.5 Å². The van der Waals surface area contributed by atoms with Crippen LogP contribution in [-0.4, -0.2) is 11.9 Å². The van der Waals surface area contributed by atoms with Gasteiger partial charge in [0, 0.05) is 17.1 Å². The van der Waals surface area contributed by atoms with Crippen molar-refractivity contribution in [2.75, 3.05) is 0 Å². The maximum atomic E-state index is 12.7. The first-order valence-corrected chi connectivity index (χ1v) is 6.76. The molecule has 0 spiro atoms. The molecular weight excluding hydrogens is 309 g/mol. The SMILES string of the molecule is O=C(NCc1ccc(F)cc1)NNC(=O)c1ccc(Cl)cc1. The Hall–Kier alpha value is -2.60. The van der Waals surface area contributed by atoms with E-state index in [4.69, 9.17) is 11.6 Å². The van der Waals surface area contributed by atoms with E-state index in [1.54, 1.807) is 24.3 Å². The lowest BCUT2D eigenvalue weighted by molar-refractivity contribution is 0.0936. The molecule has 0 saturated carbocycles. The van der Waals surface area contributed by atoms with Crippen LogP contribution in [0.4, 0.5) is 9.18 Å². The normalized spacial score (nSPS) is 9.91. The zero-order chi connectivity index (χ0) is 15.9. The van der Waals surface area contributed by atoms with Gasteiger partial charge in [-0.25, -0.2) is 14.6 Å². The van der Waals surface area contributed by atoms with Crippen LogP contribution in [0.1, 0.15) is 15.9 Å². The minimum Gasteiger partial charge on any atom is -0.333 e. The highest BCUT2D eigenvalue weighted by atomic mass is 35.5. The van der Waals surface area contributed by atoms with Crippen molar-refractivity contribution in [3.63, 3.8) is 0 Å². The molecule has 0 aliphatic heterocycles. The third-order valence-corrected chi connectivity index (χ3v) is 3.01. The Balaban J connectivity index is 1.76. The zero-order valence-corrected chi connectivity index (χ0v) is 12.2. The monoisotopic (exact) mass is 321 g/mol. The van der Waals surface area contributed by atoms with E-state index in [1.807, 2.05) is 0 Å². The van der Waals surface area contributed by atoms with Crippen molar-refractivity contribution in [2.45, 2.75) is 6.54 Å². The van der Waals surface area contributed by atoms with Crippen LogP contribution in [0.25, 0.3) is 0 Å². The van der Waals surface area contributed by atoms with Crippen molar-refractivity contribution in [1.29, 1.82) is 0 Å². The third-order valence-electron chi connectivity index (χ3n) is 2.76. The van der Waals surface area contributed by atoms with Gasteiger partial charge >= 0.3 is 6.03 Å². The van der Waals surface area contributed by atoms with Gasteiger partial charge in [-0.1, -0.05) is 23.7 Å². The highest BCUT2D eigenvalue weighted by Gasteiger charge is 2.06. The Morgan fingerprint density at radius 3 is 2.23 bits per heavy atom. The summed E-state index contributed by atoms with van der Waals surface area (Å²) >= 11 is 5.72. The summed E-state index contributed by atoms with van der Waals surface area (Å²) in [6, 6.07) is 11.4. The molecule has 5 nitrogen and oxygen atoms in total. The van der Waals surface area contributed by atoms with Gasteiger partial charge in [0.05, 0.1) is 0 Å². The lowest BCUT2D eigenvalue weighted by Gasteiger charge is -2.09. The molecule has 7 heteroatoms. The van der Waals surface area contributed by atoms with Crippen LogP contribution in [0.2, 0.25) is 5.02 Å². The Morgan fingerprint density at radius 2 is 1.59 bits per heavy atom. The molecule has 0 atom stereocenters. The number of benzene rings is 2. The van der Waals surface area contributed by atoms with E-state index < -0.39 is 11.9 Å². The number of nitrogens with one attached hydrogen (secondary N) is 3. The highest BCUT2D eigenvalue weighted by Crippen LogP contribution is 2.09. The Labute approximate surface area is 131 Å². The summed E-state index contributed by atoms with van der Waals surface area (Å²) in [5, 5.41) is 3.04. The van der Waals surface area contributed by atoms with E-state index in [-0.39, 0.29) is 12.4 Å². The quantitative estimate of drug-likeness (QED) is 0.761. The molecule has 22 heavy (non-hydrogen) atoms. The standard InChI is InChI=1S/C15H13ClFN3O2/c16-12-5-3-11(4-6-12)14(21)19-20-15(22)18-9-10-1-7-13(17)8-2-10/h1-8H,9H2,(H,19,21)(H2,18,20,22). The largest absolute Gasteiger partial charge is 0.333 e. The minimum atomic E-state index is -0.577. The van der Waals surface area contributed by atoms with Crippen LogP contribution in [0.3, 0.4) is 0 Å². The zero-order valence-electron chi connectivity index (χ0n) is 11.4. The molecule has 0 aliphatic carbocycles. The van der Waals surface area contributed by atoms with Gasteiger partial charge in [0.2, 0.25) is 0 Å². The van der Waals surface area contributed by atoms with Crippen LogP contribution < -0.4 is 16.2 Å². The Bertz CT molecular complexity index is 659.